The third kappa shape index (κ3) is 3.40. The maximum Gasteiger partial charge on any atom is 0.342 e. The van der Waals surface area contributed by atoms with E-state index < -0.39 is 11.6 Å². The van der Waals surface area contributed by atoms with E-state index in [9.17, 15) is 15.2 Å². The number of hydrogen-bond acceptors (Lipinski definition) is 5. The average Bonchev–Trinajstić information content (AvgIpc) is 2.91. The second kappa shape index (κ2) is 6.23. The number of benzene rings is 2. The van der Waals surface area contributed by atoms with E-state index >= 15 is 0 Å². The second-order valence-electron chi connectivity index (χ2n) is 7.14. The molecule has 1 aromatic heterocycles. The fourth-order valence-corrected chi connectivity index (χ4v) is 2.77. The molecule has 5 nitrogen and oxygen atoms in total. The number of ether oxygens (including phenoxy) is 1. The number of esters is 1. The third-order valence-electron chi connectivity index (χ3n) is 3.82. The van der Waals surface area contributed by atoms with Crippen LogP contribution in [0.25, 0.3) is 22.1 Å². The van der Waals surface area contributed by atoms with Gasteiger partial charge in [-0.1, -0.05) is 6.07 Å². The van der Waals surface area contributed by atoms with Crippen molar-refractivity contribution in [1.29, 1.82) is 5.26 Å². The Kier molecular flexibility index (Phi) is 4.21. The Morgan fingerprint density at radius 3 is 2.54 bits per heavy atom. The monoisotopic (exact) mass is 349 g/mol. The van der Waals surface area contributed by atoms with Gasteiger partial charge in [0.1, 0.15) is 28.3 Å². The van der Waals surface area contributed by atoms with Crippen LogP contribution in [0.4, 0.5) is 0 Å². The van der Waals surface area contributed by atoms with E-state index in [1.54, 1.807) is 39.0 Å². The third-order valence-corrected chi connectivity index (χ3v) is 3.82. The average molecular weight is 349 g/mol. The number of rotatable bonds is 2. The first-order chi connectivity index (χ1) is 12.2. The van der Waals surface area contributed by atoms with Crippen LogP contribution < -0.4 is 0 Å². The molecule has 0 radical (unpaired) electrons. The molecule has 1 N–H and O–H groups in total. The molecule has 3 rings (SSSR count). The number of fused-ring (bicyclic) bond motifs is 1. The van der Waals surface area contributed by atoms with Crippen LogP contribution in [0.3, 0.4) is 0 Å². The van der Waals surface area contributed by atoms with Crippen molar-refractivity contribution in [2.75, 3.05) is 0 Å². The molecule has 26 heavy (non-hydrogen) atoms. The van der Waals surface area contributed by atoms with Gasteiger partial charge in [0.15, 0.2) is 0 Å². The number of aryl methyl sites for hydroxylation is 1. The van der Waals surface area contributed by atoms with Gasteiger partial charge in [0, 0.05) is 5.39 Å². The highest BCUT2D eigenvalue weighted by molar-refractivity contribution is 5.98. The fourth-order valence-electron chi connectivity index (χ4n) is 2.77. The normalized spacial score (nSPS) is 11.3. The maximum absolute atomic E-state index is 12.2. The van der Waals surface area contributed by atoms with Crippen molar-refractivity contribution in [3.8, 4) is 22.9 Å². The number of aromatic hydroxyl groups is 1. The Morgan fingerprint density at radius 1 is 1.19 bits per heavy atom. The molecule has 0 saturated heterocycles. The number of phenolic OH excluding ortho intramolecular Hbond substituents is 1. The number of carbonyl (C=O) groups excluding carboxylic acids is 1. The summed E-state index contributed by atoms with van der Waals surface area (Å²) in [7, 11) is 0. The minimum Gasteiger partial charge on any atom is -0.507 e. The van der Waals surface area contributed by atoms with Gasteiger partial charge in [0.2, 0.25) is 0 Å². The van der Waals surface area contributed by atoms with Crippen LogP contribution in [0.15, 0.2) is 40.8 Å². The summed E-state index contributed by atoms with van der Waals surface area (Å²) in [5.74, 6) is -0.0324. The van der Waals surface area contributed by atoms with Gasteiger partial charge in [0.25, 0.3) is 0 Å². The smallest absolute Gasteiger partial charge is 0.342 e. The molecular weight excluding hydrogens is 330 g/mol. The number of hydrogen-bond donors (Lipinski definition) is 1. The van der Waals surface area contributed by atoms with E-state index in [4.69, 9.17) is 9.15 Å². The zero-order valence-corrected chi connectivity index (χ0v) is 15.1. The molecule has 132 valence electrons. The minimum atomic E-state index is -0.649. The van der Waals surface area contributed by atoms with Gasteiger partial charge in [-0.05, 0) is 69.2 Å². The highest BCUT2D eigenvalue weighted by atomic mass is 16.6. The molecule has 2 aromatic carbocycles. The SMILES string of the molecule is Cc1cc2c(-c3ccc(C(=O)OC(C)(C)C)c(O)c3)cc(C#N)cc2o1. The van der Waals surface area contributed by atoms with Gasteiger partial charge >= 0.3 is 5.97 Å². The summed E-state index contributed by atoms with van der Waals surface area (Å²) >= 11 is 0. The lowest BCUT2D eigenvalue weighted by atomic mass is 9.97. The lowest BCUT2D eigenvalue weighted by molar-refractivity contribution is 0.00668. The summed E-state index contributed by atoms with van der Waals surface area (Å²) in [6, 6.07) is 12.1. The molecule has 0 aliphatic heterocycles. The molecule has 0 aliphatic carbocycles. The van der Waals surface area contributed by atoms with E-state index in [2.05, 4.69) is 6.07 Å². The van der Waals surface area contributed by atoms with Crippen LogP contribution >= 0.6 is 0 Å². The molecule has 5 heteroatoms. The molecule has 0 aliphatic rings. The molecule has 0 fully saturated rings. The van der Waals surface area contributed by atoms with Gasteiger partial charge in [-0.25, -0.2) is 4.79 Å². The Labute approximate surface area is 151 Å². The van der Waals surface area contributed by atoms with Crippen LogP contribution in [0.2, 0.25) is 0 Å². The lowest BCUT2D eigenvalue weighted by Crippen LogP contribution is -2.23. The van der Waals surface area contributed by atoms with E-state index in [0.29, 0.717) is 16.7 Å². The first-order valence-corrected chi connectivity index (χ1v) is 8.19. The van der Waals surface area contributed by atoms with Crippen molar-refractivity contribution in [2.45, 2.75) is 33.3 Å². The summed E-state index contributed by atoms with van der Waals surface area (Å²) in [4.78, 5) is 12.2. The Hall–Kier alpha value is -3.26. The van der Waals surface area contributed by atoms with Gasteiger partial charge in [-0.15, -0.1) is 0 Å². The summed E-state index contributed by atoms with van der Waals surface area (Å²) in [6.07, 6.45) is 0. The molecule has 0 amide bonds. The molecule has 0 bridgehead atoms. The van der Waals surface area contributed by atoms with E-state index in [-0.39, 0.29) is 11.3 Å². The molecule has 0 unspecified atom stereocenters. The zero-order valence-electron chi connectivity index (χ0n) is 15.1. The number of carbonyl (C=O) groups is 1. The first kappa shape index (κ1) is 17.6. The van der Waals surface area contributed by atoms with Crippen molar-refractivity contribution in [3.05, 3.63) is 53.3 Å². The molecule has 0 spiro atoms. The second-order valence-corrected chi connectivity index (χ2v) is 7.14. The van der Waals surface area contributed by atoms with Crippen LogP contribution in [-0.2, 0) is 4.74 Å². The minimum absolute atomic E-state index is 0.0970. The predicted molar refractivity (Wildman–Crippen MR) is 97.9 cm³/mol. The number of phenols is 1. The summed E-state index contributed by atoms with van der Waals surface area (Å²) in [6.45, 7) is 7.13. The fraction of sp³-hybridized carbons (Fsp3) is 0.238. The highest BCUT2D eigenvalue weighted by Gasteiger charge is 2.21. The highest BCUT2D eigenvalue weighted by Crippen LogP contribution is 2.35. The van der Waals surface area contributed by atoms with Crippen molar-refractivity contribution >= 4 is 16.9 Å². The van der Waals surface area contributed by atoms with Crippen molar-refractivity contribution in [3.63, 3.8) is 0 Å². The van der Waals surface area contributed by atoms with Crippen molar-refractivity contribution in [2.24, 2.45) is 0 Å². The number of nitrogens with zero attached hydrogens (tertiary/aromatic N) is 1. The van der Waals surface area contributed by atoms with E-state index in [0.717, 1.165) is 16.7 Å². The van der Waals surface area contributed by atoms with E-state index in [1.807, 2.05) is 13.0 Å². The maximum atomic E-state index is 12.2. The lowest BCUT2D eigenvalue weighted by Gasteiger charge is -2.20. The van der Waals surface area contributed by atoms with Crippen molar-refractivity contribution in [1.82, 2.24) is 0 Å². The van der Waals surface area contributed by atoms with Crippen LogP contribution in [-0.4, -0.2) is 16.7 Å². The van der Waals surface area contributed by atoms with E-state index in [1.165, 1.54) is 12.1 Å². The van der Waals surface area contributed by atoms with Crippen LogP contribution in [0.1, 0.15) is 42.5 Å². The largest absolute Gasteiger partial charge is 0.507 e. The Bertz CT molecular complexity index is 1050. The molecule has 3 aromatic rings. The Balaban J connectivity index is 2.09. The summed E-state index contributed by atoms with van der Waals surface area (Å²) < 4.78 is 10.9. The molecule has 0 atom stereocenters. The van der Waals surface area contributed by atoms with Gasteiger partial charge in [-0.3, -0.25) is 0 Å². The molecular formula is C21H19NO4. The quantitative estimate of drug-likeness (QED) is 0.662. The predicted octanol–water partition coefficient (Wildman–Crippen LogP) is 4.94. The first-order valence-electron chi connectivity index (χ1n) is 8.19. The standard InChI is InChI=1S/C21H19NO4/c1-12-7-17-16(8-13(11-22)9-19(17)25-12)14-5-6-15(18(23)10-14)20(24)26-21(2,3)4/h5-10,23H,1-4H3. The number of nitriles is 1. The van der Waals surface area contributed by atoms with Gasteiger partial charge in [0.05, 0.1) is 11.6 Å². The van der Waals surface area contributed by atoms with Gasteiger partial charge in [-0.2, -0.15) is 5.26 Å². The summed E-state index contributed by atoms with van der Waals surface area (Å²) in [5.41, 5.74) is 1.94. The number of furan rings is 1. The molecule has 0 saturated carbocycles. The van der Waals surface area contributed by atoms with Gasteiger partial charge < -0.3 is 14.3 Å². The zero-order chi connectivity index (χ0) is 19.1. The molecule has 1 heterocycles. The Morgan fingerprint density at radius 2 is 1.92 bits per heavy atom. The van der Waals surface area contributed by atoms with Crippen LogP contribution in [0, 0.1) is 18.3 Å². The topological polar surface area (TPSA) is 83.5 Å². The van der Waals surface area contributed by atoms with Crippen LogP contribution in [0.5, 0.6) is 5.75 Å². The van der Waals surface area contributed by atoms with Crippen molar-refractivity contribution < 1.29 is 19.1 Å². The summed E-state index contributed by atoms with van der Waals surface area (Å²) in [5, 5.41) is 20.4.